The van der Waals surface area contributed by atoms with Crippen molar-refractivity contribution in [3.05, 3.63) is 23.1 Å². The van der Waals surface area contributed by atoms with Crippen LogP contribution in [0, 0.1) is 5.92 Å². The highest BCUT2D eigenvalue weighted by Gasteiger charge is 2.35. The summed E-state index contributed by atoms with van der Waals surface area (Å²) in [4.78, 5) is 26.7. The van der Waals surface area contributed by atoms with Gasteiger partial charge in [-0.1, -0.05) is 0 Å². The van der Waals surface area contributed by atoms with E-state index in [9.17, 15) is 4.79 Å². The van der Waals surface area contributed by atoms with Crippen molar-refractivity contribution in [1.29, 1.82) is 0 Å². The number of hydrogen-bond acceptors (Lipinski definition) is 6. The molecule has 2 aromatic rings. The Morgan fingerprint density at radius 2 is 2.04 bits per heavy atom. The van der Waals surface area contributed by atoms with Gasteiger partial charge in [0.15, 0.2) is 0 Å². The second kappa shape index (κ2) is 9.34. The molecule has 7 nitrogen and oxygen atoms in total. The van der Waals surface area contributed by atoms with Gasteiger partial charge in [0, 0.05) is 36.7 Å². The number of nitrogens with one attached hydrogen (secondary N) is 1. The van der Waals surface area contributed by atoms with E-state index >= 15 is 0 Å². The van der Waals surface area contributed by atoms with Gasteiger partial charge in [0.1, 0.15) is 4.88 Å². The summed E-state index contributed by atoms with van der Waals surface area (Å²) >= 11 is 1.32. The predicted octanol–water partition coefficient (Wildman–Crippen LogP) is 2.67. The standard InChI is InChI=1S/C19H26N4OS.CH2O2/c1-3-23(4-2)14-5-6-15-16(11-14)21-25-18(15)19(24)20-17-12-22-9-7-13(17)8-10-22;2-1-3/h5-6,11,13,17H,3-4,7-10,12H2,1-2H3,(H,20,24);1H,(H,2,3)/t17-;/m0./s1. The molecule has 8 heteroatoms. The molecule has 3 fully saturated rings. The van der Waals surface area contributed by atoms with Crippen molar-refractivity contribution >= 4 is 40.5 Å². The minimum atomic E-state index is -0.250. The first-order valence-corrected chi connectivity index (χ1v) is 10.6. The Morgan fingerprint density at radius 1 is 1.36 bits per heavy atom. The van der Waals surface area contributed by atoms with Gasteiger partial charge in [0.05, 0.1) is 5.52 Å². The Balaban J connectivity index is 0.000000706. The van der Waals surface area contributed by atoms with Crippen molar-refractivity contribution in [3.63, 3.8) is 0 Å². The smallest absolute Gasteiger partial charge is 0.290 e. The van der Waals surface area contributed by atoms with Crippen LogP contribution in [0.15, 0.2) is 18.2 Å². The lowest BCUT2D eigenvalue weighted by molar-refractivity contribution is -0.122. The molecule has 1 atom stereocenters. The number of amides is 1. The Kier molecular flexibility index (Phi) is 6.85. The molecule has 1 aromatic carbocycles. The maximum Gasteiger partial charge on any atom is 0.290 e. The molecule has 0 unspecified atom stereocenters. The second-order valence-electron chi connectivity index (χ2n) is 7.21. The summed E-state index contributed by atoms with van der Waals surface area (Å²) in [5.41, 5.74) is 2.10. The van der Waals surface area contributed by atoms with E-state index in [4.69, 9.17) is 9.90 Å². The van der Waals surface area contributed by atoms with E-state index in [2.05, 4.69) is 51.5 Å². The number of hydrogen-bond donors (Lipinski definition) is 2. The van der Waals surface area contributed by atoms with Gasteiger partial charge < -0.3 is 20.2 Å². The molecular formula is C20H28N4O3S. The Hall–Kier alpha value is -2.19. The quantitative estimate of drug-likeness (QED) is 0.745. The Bertz CT molecular complexity index is 813. The lowest BCUT2D eigenvalue weighted by Crippen LogP contribution is -2.57. The zero-order valence-corrected chi connectivity index (χ0v) is 17.2. The normalized spacial score (nSPS) is 23.0. The fourth-order valence-corrected chi connectivity index (χ4v) is 5.00. The number of carbonyl (C=O) groups excluding carboxylic acids is 1. The van der Waals surface area contributed by atoms with Gasteiger partial charge in [0.2, 0.25) is 0 Å². The van der Waals surface area contributed by atoms with Crippen LogP contribution in [-0.4, -0.2) is 65.5 Å². The van der Waals surface area contributed by atoms with Crippen molar-refractivity contribution in [2.75, 3.05) is 37.6 Å². The number of rotatable bonds is 5. The summed E-state index contributed by atoms with van der Waals surface area (Å²) in [5.74, 6) is 0.684. The molecule has 0 saturated carbocycles. The molecule has 0 radical (unpaired) electrons. The highest BCUT2D eigenvalue weighted by atomic mass is 32.1. The zero-order chi connectivity index (χ0) is 20.1. The number of aromatic nitrogens is 1. The van der Waals surface area contributed by atoms with E-state index in [0.717, 1.165) is 35.4 Å². The van der Waals surface area contributed by atoms with Crippen LogP contribution in [0.3, 0.4) is 0 Å². The maximum absolute atomic E-state index is 12.8. The summed E-state index contributed by atoms with van der Waals surface area (Å²) < 4.78 is 4.54. The lowest BCUT2D eigenvalue weighted by atomic mass is 9.84. The van der Waals surface area contributed by atoms with Gasteiger partial charge in [-0.05, 0) is 75.4 Å². The molecule has 152 valence electrons. The molecule has 28 heavy (non-hydrogen) atoms. The topological polar surface area (TPSA) is 85.8 Å². The van der Waals surface area contributed by atoms with E-state index < -0.39 is 0 Å². The van der Waals surface area contributed by atoms with Crippen molar-refractivity contribution in [2.24, 2.45) is 5.92 Å². The highest BCUT2D eigenvalue weighted by molar-refractivity contribution is 7.09. The van der Waals surface area contributed by atoms with Crippen molar-refractivity contribution in [1.82, 2.24) is 14.6 Å². The number of anilines is 1. The third-order valence-corrected chi connectivity index (χ3v) is 6.64. The van der Waals surface area contributed by atoms with Gasteiger partial charge in [-0.15, -0.1) is 0 Å². The summed E-state index contributed by atoms with van der Waals surface area (Å²) in [6.07, 6.45) is 2.42. The first-order chi connectivity index (χ1) is 13.6. The first kappa shape index (κ1) is 20.5. The van der Waals surface area contributed by atoms with Crippen molar-refractivity contribution in [3.8, 4) is 0 Å². The number of carbonyl (C=O) groups is 2. The van der Waals surface area contributed by atoms with Gasteiger partial charge in [-0.2, -0.15) is 4.37 Å². The minimum Gasteiger partial charge on any atom is -0.483 e. The third kappa shape index (κ3) is 4.28. The second-order valence-corrected chi connectivity index (χ2v) is 7.98. The highest BCUT2D eigenvalue weighted by Crippen LogP contribution is 2.30. The average molecular weight is 405 g/mol. The van der Waals surface area contributed by atoms with E-state index in [-0.39, 0.29) is 12.4 Å². The van der Waals surface area contributed by atoms with Crippen molar-refractivity contribution in [2.45, 2.75) is 32.7 Å². The molecule has 5 rings (SSSR count). The fraction of sp³-hybridized carbons (Fsp3) is 0.550. The number of carboxylic acid groups (broad SMARTS) is 1. The van der Waals surface area contributed by atoms with Crippen LogP contribution in [0.5, 0.6) is 0 Å². The summed E-state index contributed by atoms with van der Waals surface area (Å²) in [7, 11) is 0. The van der Waals surface area contributed by atoms with Crippen LogP contribution in [0.2, 0.25) is 0 Å². The van der Waals surface area contributed by atoms with E-state index in [1.54, 1.807) is 0 Å². The monoisotopic (exact) mass is 404 g/mol. The molecule has 2 N–H and O–H groups in total. The molecule has 4 heterocycles. The molecule has 3 aliphatic heterocycles. The van der Waals surface area contributed by atoms with E-state index in [1.807, 2.05) is 0 Å². The van der Waals surface area contributed by atoms with Crippen LogP contribution >= 0.6 is 11.5 Å². The van der Waals surface area contributed by atoms with E-state index in [1.165, 1.54) is 43.2 Å². The number of fused-ring (bicyclic) bond motifs is 4. The minimum absolute atomic E-state index is 0.0434. The number of nitrogens with zero attached hydrogens (tertiary/aromatic N) is 3. The number of benzene rings is 1. The maximum atomic E-state index is 12.8. The van der Waals surface area contributed by atoms with Crippen LogP contribution in [0.1, 0.15) is 36.4 Å². The average Bonchev–Trinajstić information content (AvgIpc) is 3.14. The van der Waals surface area contributed by atoms with Crippen LogP contribution in [0.4, 0.5) is 5.69 Å². The molecule has 1 amide bonds. The van der Waals surface area contributed by atoms with Gasteiger partial charge in [-0.25, -0.2) is 0 Å². The molecule has 3 aliphatic rings. The van der Waals surface area contributed by atoms with Gasteiger partial charge in [0.25, 0.3) is 12.4 Å². The third-order valence-electron chi connectivity index (χ3n) is 5.77. The molecule has 2 bridgehead atoms. The lowest BCUT2D eigenvalue weighted by Gasteiger charge is -2.44. The van der Waals surface area contributed by atoms with Crippen molar-refractivity contribution < 1.29 is 14.7 Å². The van der Waals surface area contributed by atoms with Crippen LogP contribution in [-0.2, 0) is 4.79 Å². The van der Waals surface area contributed by atoms with Gasteiger partial charge in [-0.3, -0.25) is 9.59 Å². The van der Waals surface area contributed by atoms with E-state index in [0.29, 0.717) is 12.0 Å². The molecule has 0 spiro atoms. The molecular weight excluding hydrogens is 376 g/mol. The molecule has 0 aliphatic carbocycles. The summed E-state index contributed by atoms with van der Waals surface area (Å²) in [5, 5.41) is 11.1. The summed E-state index contributed by atoms with van der Waals surface area (Å²) in [6, 6.07) is 6.55. The predicted molar refractivity (Wildman–Crippen MR) is 112 cm³/mol. The van der Waals surface area contributed by atoms with Crippen LogP contribution < -0.4 is 10.2 Å². The largest absolute Gasteiger partial charge is 0.483 e. The first-order valence-electron chi connectivity index (χ1n) is 9.86. The fourth-order valence-electron chi connectivity index (χ4n) is 4.24. The SMILES string of the molecule is CCN(CC)c1ccc2c(C(=O)N[C@H]3CN4CCC3CC4)snc2c1.O=CO. The zero-order valence-electron chi connectivity index (χ0n) is 16.4. The summed E-state index contributed by atoms with van der Waals surface area (Å²) in [6.45, 7) is 9.38. The Labute approximate surface area is 169 Å². The molecule has 1 aromatic heterocycles. The molecule has 3 saturated heterocycles. The Morgan fingerprint density at radius 3 is 2.61 bits per heavy atom. The number of piperidine rings is 3. The van der Waals surface area contributed by atoms with Gasteiger partial charge >= 0.3 is 0 Å². The van der Waals surface area contributed by atoms with Crippen LogP contribution in [0.25, 0.3) is 10.9 Å².